The van der Waals surface area contributed by atoms with E-state index in [0.29, 0.717) is 30.4 Å². The summed E-state index contributed by atoms with van der Waals surface area (Å²) in [5.41, 5.74) is 1.44. The number of rotatable bonds is 15. The molecule has 0 aliphatic rings. The zero-order chi connectivity index (χ0) is 26.2. The van der Waals surface area contributed by atoms with E-state index in [0.717, 1.165) is 5.69 Å². The Kier molecular flexibility index (Phi) is 23.2. The molecule has 1 rings (SSSR count). The monoisotopic (exact) mass is 636 g/mol. The molecule has 1 aromatic rings. The number of amides is 1. The van der Waals surface area contributed by atoms with E-state index in [9.17, 15) is 28.9 Å². The standard InChI is InChI=1S/C18H28Cl2N2O10P2.3Na.3H/c19-8-10-22(11-9-20)14-5-3-13(4-6-14)12-15(17(24)25)21-16(23)2-1-7-18(26,33(27,28)29)34(30,31)32;;;;;;/h3-6,15,26H,1-2,7-12H2,(H,21,23)(H,24,25)(H2,27,28,29)(H2,30,31,32);;;;;;/t15-;;;;;;/m0....../s1. The minimum absolute atomic E-state index is 0. The summed E-state index contributed by atoms with van der Waals surface area (Å²) in [5.74, 6) is -1.37. The van der Waals surface area contributed by atoms with E-state index in [1.807, 2.05) is 4.90 Å². The van der Waals surface area contributed by atoms with Crippen LogP contribution in [-0.4, -0.2) is 166 Å². The average Bonchev–Trinajstić information content (AvgIpc) is 2.72. The van der Waals surface area contributed by atoms with E-state index in [1.54, 1.807) is 24.3 Å². The first-order valence-corrected chi connectivity index (χ1v) is 14.3. The average molecular weight is 637 g/mol. The third kappa shape index (κ3) is 14.0. The summed E-state index contributed by atoms with van der Waals surface area (Å²) in [6, 6.07) is 5.57. The van der Waals surface area contributed by atoms with Gasteiger partial charge in [0.25, 0.3) is 5.08 Å². The van der Waals surface area contributed by atoms with Gasteiger partial charge in [-0.25, -0.2) is 4.79 Å². The molecular formula is C18H31Cl2N2Na3O10P2. The summed E-state index contributed by atoms with van der Waals surface area (Å²) in [6.45, 7) is 1.14. The molecule has 0 aliphatic carbocycles. The van der Waals surface area contributed by atoms with Crippen LogP contribution in [0, 0.1) is 0 Å². The molecule has 0 fully saturated rings. The predicted molar refractivity (Wildman–Crippen MR) is 148 cm³/mol. The Morgan fingerprint density at radius 2 is 1.41 bits per heavy atom. The van der Waals surface area contributed by atoms with Gasteiger partial charge in [-0.15, -0.1) is 23.2 Å². The van der Waals surface area contributed by atoms with Gasteiger partial charge >= 0.3 is 110 Å². The van der Waals surface area contributed by atoms with Crippen molar-refractivity contribution in [2.45, 2.75) is 36.8 Å². The molecule has 0 aromatic heterocycles. The molecule has 200 valence electrons. The molecule has 19 heteroatoms. The number of carbonyl (C=O) groups excluding carboxylic acids is 1. The van der Waals surface area contributed by atoms with Gasteiger partial charge in [0.1, 0.15) is 6.04 Å². The summed E-state index contributed by atoms with van der Waals surface area (Å²) >= 11 is 11.6. The Labute approximate surface area is 291 Å². The number of carboxylic acids is 1. The first-order chi connectivity index (χ1) is 15.7. The Balaban J connectivity index is -0.00000385. The van der Waals surface area contributed by atoms with Crippen LogP contribution >= 0.6 is 38.4 Å². The van der Waals surface area contributed by atoms with Crippen LogP contribution in [0.25, 0.3) is 0 Å². The number of hydrogen-bond donors (Lipinski definition) is 7. The molecule has 7 N–H and O–H groups in total. The van der Waals surface area contributed by atoms with Gasteiger partial charge in [-0.2, -0.15) is 0 Å². The van der Waals surface area contributed by atoms with Gasteiger partial charge in [0.05, 0.1) is 0 Å². The molecule has 0 heterocycles. The van der Waals surface area contributed by atoms with Crippen LogP contribution < -0.4 is 10.2 Å². The molecule has 1 atom stereocenters. The summed E-state index contributed by atoms with van der Waals surface area (Å²) in [7, 11) is -11.3. The van der Waals surface area contributed by atoms with Crippen molar-refractivity contribution in [3.63, 3.8) is 0 Å². The maximum atomic E-state index is 12.1. The van der Waals surface area contributed by atoms with Gasteiger partial charge < -0.3 is 40.0 Å². The first kappa shape index (κ1) is 43.3. The van der Waals surface area contributed by atoms with Crippen molar-refractivity contribution in [1.29, 1.82) is 0 Å². The fourth-order valence-electron chi connectivity index (χ4n) is 3.07. The molecule has 1 aromatic carbocycles. The Morgan fingerprint density at radius 3 is 1.78 bits per heavy atom. The van der Waals surface area contributed by atoms with Crippen LogP contribution in [0.15, 0.2) is 24.3 Å². The van der Waals surface area contributed by atoms with Crippen molar-refractivity contribution < 1.29 is 48.5 Å². The molecule has 0 aliphatic heterocycles. The number of hydrogen-bond acceptors (Lipinski definition) is 6. The number of anilines is 1. The quantitative estimate of drug-likeness (QED) is 0.0729. The maximum absolute atomic E-state index is 12.1. The molecule has 12 nitrogen and oxygen atoms in total. The third-order valence-electron chi connectivity index (χ3n) is 4.93. The number of nitrogens with one attached hydrogen (secondary N) is 1. The molecular weight excluding hydrogens is 606 g/mol. The number of aliphatic hydroxyl groups is 1. The number of aliphatic carboxylic acids is 1. The Bertz CT molecular complexity index is 909. The van der Waals surface area contributed by atoms with Crippen molar-refractivity contribution >= 4 is 145 Å². The third-order valence-corrected chi connectivity index (χ3v) is 9.15. The van der Waals surface area contributed by atoms with E-state index >= 15 is 0 Å². The second-order valence-corrected chi connectivity index (χ2v) is 12.2. The normalized spacial score (nSPS) is 12.3. The van der Waals surface area contributed by atoms with Crippen LogP contribution in [0.3, 0.4) is 0 Å². The van der Waals surface area contributed by atoms with Gasteiger partial charge in [-0.1, -0.05) is 12.1 Å². The SMILES string of the molecule is O=C(CCCC(O)(P(=O)(O)O)P(=O)(O)O)N[C@@H](Cc1ccc(N(CCCl)CCCl)cc1)C(=O)O.[NaH].[NaH].[NaH]. The number of carboxylic acid groups (broad SMARTS) is 1. The summed E-state index contributed by atoms with van der Waals surface area (Å²) in [5, 5.41) is 17.9. The second-order valence-electron chi connectivity index (χ2n) is 7.41. The van der Waals surface area contributed by atoms with Gasteiger partial charge in [0, 0.05) is 49.8 Å². The van der Waals surface area contributed by atoms with E-state index < -0.39 is 57.5 Å². The van der Waals surface area contributed by atoms with Crippen LogP contribution in [0.4, 0.5) is 5.69 Å². The van der Waals surface area contributed by atoms with Crippen molar-refractivity contribution in [2.75, 3.05) is 29.7 Å². The number of nitrogens with zero attached hydrogens (tertiary/aromatic N) is 1. The molecule has 1 amide bonds. The zero-order valence-corrected chi connectivity index (χ0v) is 21.3. The molecule has 0 spiro atoms. The van der Waals surface area contributed by atoms with Gasteiger partial charge in [0.15, 0.2) is 0 Å². The number of halogens is 2. The first-order valence-electron chi connectivity index (χ1n) is 9.98. The van der Waals surface area contributed by atoms with Crippen molar-refractivity contribution in [3.8, 4) is 0 Å². The number of benzene rings is 1. The second kappa shape index (κ2) is 19.8. The van der Waals surface area contributed by atoms with E-state index in [4.69, 9.17) is 42.8 Å². The topological polar surface area (TPSA) is 205 Å². The van der Waals surface area contributed by atoms with Crippen LogP contribution in [-0.2, 0) is 25.1 Å². The minimum atomic E-state index is -5.63. The summed E-state index contributed by atoms with van der Waals surface area (Å²) in [4.78, 5) is 62.1. The molecule has 0 radical (unpaired) electrons. The fraction of sp³-hybridized carbons (Fsp3) is 0.556. The fourth-order valence-corrected chi connectivity index (χ4v) is 5.73. The summed E-state index contributed by atoms with van der Waals surface area (Å²) < 4.78 is 22.7. The predicted octanol–water partition coefficient (Wildman–Crippen LogP) is -0.691. The van der Waals surface area contributed by atoms with Crippen molar-refractivity contribution in [3.05, 3.63) is 29.8 Å². The molecule has 0 bridgehead atoms. The molecule has 37 heavy (non-hydrogen) atoms. The van der Waals surface area contributed by atoms with Gasteiger partial charge in [-0.3, -0.25) is 13.9 Å². The summed E-state index contributed by atoms with van der Waals surface area (Å²) in [6.07, 6.45) is -2.19. The molecule has 0 unspecified atom stereocenters. The van der Waals surface area contributed by atoms with Crippen molar-refractivity contribution in [2.24, 2.45) is 0 Å². The van der Waals surface area contributed by atoms with Crippen LogP contribution in [0.2, 0.25) is 0 Å². The van der Waals surface area contributed by atoms with E-state index in [-0.39, 0.29) is 95.1 Å². The van der Waals surface area contributed by atoms with Crippen LogP contribution in [0.5, 0.6) is 0 Å². The Morgan fingerprint density at radius 1 is 0.946 bits per heavy atom. The van der Waals surface area contributed by atoms with Crippen molar-refractivity contribution in [1.82, 2.24) is 5.32 Å². The Hall–Kier alpha value is 1.80. The molecule has 0 saturated carbocycles. The van der Waals surface area contributed by atoms with Crippen LogP contribution in [0.1, 0.15) is 24.8 Å². The number of carbonyl (C=O) groups is 2. The zero-order valence-electron chi connectivity index (χ0n) is 18.0. The van der Waals surface area contributed by atoms with E-state index in [2.05, 4.69) is 5.32 Å². The van der Waals surface area contributed by atoms with Gasteiger partial charge in [-0.05, 0) is 24.1 Å². The number of alkyl halides is 2. The van der Waals surface area contributed by atoms with Gasteiger partial charge in [0.2, 0.25) is 5.91 Å². The van der Waals surface area contributed by atoms with E-state index in [1.165, 1.54) is 0 Å². The molecule has 0 saturated heterocycles.